The number of ether oxygens (including phenoxy) is 1. The monoisotopic (exact) mass is 466 g/mol. The molecule has 0 bridgehead atoms. The predicted octanol–water partition coefficient (Wildman–Crippen LogP) is 2.89. The van der Waals surface area contributed by atoms with Crippen LogP contribution in [-0.4, -0.2) is 54.0 Å². The van der Waals surface area contributed by atoms with Gasteiger partial charge in [-0.15, -0.1) is 0 Å². The van der Waals surface area contributed by atoms with Crippen LogP contribution in [-0.2, 0) is 14.3 Å². The van der Waals surface area contributed by atoms with Crippen LogP contribution in [0.5, 0.6) is 0 Å². The number of hydrogen-bond acceptors (Lipinski definition) is 5. The molecule has 0 aromatic heterocycles. The first-order chi connectivity index (χ1) is 16.4. The average molecular weight is 467 g/mol. The lowest BCUT2D eigenvalue weighted by atomic mass is 9.98. The number of carbonyl (C=O) groups excluding carboxylic acids is 2. The molecule has 8 nitrogen and oxygen atoms in total. The molecule has 0 radical (unpaired) electrons. The van der Waals surface area contributed by atoms with Gasteiger partial charge in [0.2, 0.25) is 5.91 Å². The minimum absolute atomic E-state index is 0.00937. The summed E-state index contributed by atoms with van der Waals surface area (Å²) in [5, 5.41) is 23.4. The Balaban J connectivity index is 1.25. The molecule has 0 aliphatic heterocycles. The van der Waals surface area contributed by atoms with Crippen LogP contribution in [0.2, 0.25) is 0 Å². The van der Waals surface area contributed by atoms with Crippen LogP contribution >= 0.6 is 0 Å². The third-order valence-electron chi connectivity index (χ3n) is 6.61. The molecule has 0 saturated heterocycles. The minimum atomic E-state index is -1.49. The van der Waals surface area contributed by atoms with E-state index in [2.05, 4.69) is 34.9 Å². The van der Waals surface area contributed by atoms with Crippen LogP contribution in [0.15, 0.2) is 48.5 Å². The van der Waals surface area contributed by atoms with E-state index >= 15 is 0 Å². The van der Waals surface area contributed by atoms with E-state index in [4.69, 9.17) is 9.84 Å². The van der Waals surface area contributed by atoms with Crippen LogP contribution in [0.25, 0.3) is 11.1 Å². The van der Waals surface area contributed by atoms with Crippen LogP contribution in [0.3, 0.4) is 0 Å². The Kier molecular flexibility index (Phi) is 7.47. The first-order valence-electron chi connectivity index (χ1n) is 11.7. The van der Waals surface area contributed by atoms with Gasteiger partial charge >= 0.3 is 12.1 Å². The van der Waals surface area contributed by atoms with Gasteiger partial charge < -0.3 is 25.6 Å². The predicted molar refractivity (Wildman–Crippen MR) is 125 cm³/mol. The van der Waals surface area contributed by atoms with Crippen molar-refractivity contribution in [3.63, 3.8) is 0 Å². The van der Waals surface area contributed by atoms with E-state index in [0.29, 0.717) is 12.5 Å². The zero-order chi connectivity index (χ0) is 24.1. The molecule has 4 rings (SSSR count). The van der Waals surface area contributed by atoms with E-state index in [1.54, 1.807) is 0 Å². The molecule has 2 aliphatic rings. The Morgan fingerprint density at radius 2 is 1.59 bits per heavy atom. The number of alkyl carbamates (subject to hydrolysis) is 1. The number of rotatable bonds is 11. The topological polar surface area (TPSA) is 125 Å². The largest absolute Gasteiger partial charge is 0.479 e. The standard InChI is InChI=1S/C26H30N2O6/c29-23(25(31)32)11-12-27-24(30)13-17(16-9-10-16)14-28-26(33)34-15-22-20-7-3-1-5-18(20)19-6-2-4-8-21(19)22/h1-8,16-17,22-23,29H,9-15H2,(H,27,30)(H,28,33)(H,31,32)/t17?,23-/m0/s1. The molecule has 34 heavy (non-hydrogen) atoms. The van der Waals surface area contributed by atoms with E-state index in [1.165, 1.54) is 11.1 Å². The zero-order valence-electron chi connectivity index (χ0n) is 18.9. The highest BCUT2D eigenvalue weighted by Gasteiger charge is 2.33. The van der Waals surface area contributed by atoms with Crippen molar-refractivity contribution in [2.75, 3.05) is 19.7 Å². The van der Waals surface area contributed by atoms with Gasteiger partial charge in [0.15, 0.2) is 6.10 Å². The van der Waals surface area contributed by atoms with E-state index in [1.807, 2.05) is 24.3 Å². The lowest BCUT2D eigenvalue weighted by Gasteiger charge is -2.18. The number of fused-ring (bicyclic) bond motifs is 3. The normalized spacial score (nSPS) is 16.1. The van der Waals surface area contributed by atoms with Crippen molar-refractivity contribution < 1.29 is 29.3 Å². The quantitative estimate of drug-likeness (QED) is 0.404. The fraction of sp³-hybridized carbons (Fsp3) is 0.423. The number of aliphatic hydroxyl groups excluding tert-OH is 1. The molecule has 2 atom stereocenters. The first-order valence-corrected chi connectivity index (χ1v) is 11.7. The average Bonchev–Trinajstić information content (AvgIpc) is 3.63. The summed E-state index contributed by atoms with van der Waals surface area (Å²) in [4.78, 5) is 35.3. The summed E-state index contributed by atoms with van der Waals surface area (Å²) in [6.45, 7) is 0.663. The van der Waals surface area contributed by atoms with Crippen LogP contribution < -0.4 is 10.6 Å². The molecule has 0 heterocycles. The Hall–Kier alpha value is -3.39. The lowest BCUT2D eigenvalue weighted by Crippen LogP contribution is -2.35. The number of aliphatic hydroxyl groups is 1. The third-order valence-corrected chi connectivity index (χ3v) is 6.61. The summed E-state index contributed by atoms with van der Waals surface area (Å²) in [5.74, 6) is -1.17. The summed E-state index contributed by atoms with van der Waals surface area (Å²) in [7, 11) is 0. The fourth-order valence-corrected chi connectivity index (χ4v) is 4.62. The highest BCUT2D eigenvalue weighted by Crippen LogP contribution is 2.44. The lowest BCUT2D eigenvalue weighted by molar-refractivity contribution is -0.147. The molecule has 180 valence electrons. The SMILES string of the molecule is O=C(CC(CNC(=O)OCC1c2ccccc2-c2ccccc21)C1CC1)NCC[C@H](O)C(=O)O. The highest BCUT2D eigenvalue weighted by molar-refractivity contribution is 5.79. The minimum Gasteiger partial charge on any atom is -0.479 e. The molecule has 1 fully saturated rings. The molecule has 1 saturated carbocycles. The zero-order valence-corrected chi connectivity index (χ0v) is 18.9. The molecule has 2 aromatic carbocycles. The highest BCUT2D eigenvalue weighted by atomic mass is 16.5. The molecular formula is C26H30N2O6. The number of carboxylic acid groups (broad SMARTS) is 1. The molecule has 1 unspecified atom stereocenters. The smallest absolute Gasteiger partial charge is 0.407 e. The summed E-state index contributed by atoms with van der Waals surface area (Å²) < 4.78 is 5.57. The summed E-state index contributed by atoms with van der Waals surface area (Å²) in [6, 6.07) is 16.3. The van der Waals surface area contributed by atoms with Gasteiger partial charge in [-0.2, -0.15) is 0 Å². The van der Waals surface area contributed by atoms with E-state index in [-0.39, 0.29) is 43.7 Å². The third kappa shape index (κ3) is 5.75. The van der Waals surface area contributed by atoms with Crippen molar-refractivity contribution in [2.45, 2.75) is 37.7 Å². The Morgan fingerprint density at radius 1 is 0.971 bits per heavy atom. The number of carboxylic acids is 1. The Bertz CT molecular complexity index is 1010. The van der Waals surface area contributed by atoms with Gasteiger partial charge in [0.25, 0.3) is 0 Å². The van der Waals surface area contributed by atoms with Crippen LogP contribution in [0.1, 0.15) is 42.7 Å². The number of nitrogens with one attached hydrogen (secondary N) is 2. The maximum atomic E-state index is 12.5. The molecule has 4 N–H and O–H groups in total. The maximum absolute atomic E-state index is 12.5. The maximum Gasteiger partial charge on any atom is 0.407 e. The van der Waals surface area contributed by atoms with Gasteiger partial charge in [-0.05, 0) is 46.9 Å². The number of carbonyl (C=O) groups is 3. The first kappa shape index (κ1) is 23.8. The number of aliphatic carboxylic acids is 1. The van der Waals surface area contributed by atoms with Crippen molar-refractivity contribution in [3.05, 3.63) is 59.7 Å². The fourth-order valence-electron chi connectivity index (χ4n) is 4.62. The number of benzene rings is 2. The summed E-state index contributed by atoms with van der Waals surface area (Å²) in [5.41, 5.74) is 4.64. The second-order valence-corrected chi connectivity index (χ2v) is 9.00. The molecule has 0 spiro atoms. The van der Waals surface area contributed by atoms with Gasteiger partial charge in [0.05, 0.1) is 0 Å². The van der Waals surface area contributed by atoms with Crippen molar-refractivity contribution >= 4 is 18.0 Å². The molecule has 2 aliphatic carbocycles. The van der Waals surface area contributed by atoms with Gasteiger partial charge in [0, 0.05) is 31.8 Å². The van der Waals surface area contributed by atoms with Gasteiger partial charge in [-0.3, -0.25) is 4.79 Å². The van der Waals surface area contributed by atoms with Crippen molar-refractivity contribution in [1.29, 1.82) is 0 Å². The summed E-state index contributed by atoms with van der Waals surface area (Å²) >= 11 is 0. The van der Waals surface area contributed by atoms with E-state index < -0.39 is 18.2 Å². The summed E-state index contributed by atoms with van der Waals surface area (Å²) in [6.07, 6.45) is 0.224. The van der Waals surface area contributed by atoms with Crippen molar-refractivity contribution in [2.24, 2.45) is 11.8 Å². The van der Waals surface area contributed by atoms with E-state index in [0.717, 1.165) is 24.0 Å². The van der Waals surface area contributed by atoms with Crippen LogP contribution in [0.4, 0.5) is 4.79 Å². The second kappa shape index (κ2) is 10.7. The number of amides is 2. The Labute approximate surface area is 198 Å². The number of hydrogen-bond donors (Lipinski definition) is 4. The van der Waals surface area contributed by atoms with E-state index in [9.17, 15) is 19.5 Å². The Morgan fingerprint density at radius 3 is 2.18 bits per heavy atom. The molecule has 2 aromatic rings. The van der Waals surface area contributed by atoms with Gasteiger partial charge in [-0.1, -0.05) is 48.5 Å². The van der Waals surface area contributed by atoms with Gasteiger partial charge in [0.1, 0.15) is 6.61 Å². The van der Waals surface area contributed by atoms with Crippen LogP contribution in [0, 0.1) is 11.8 Å². The van der Waals surface area contributed by atoms with Gasteiger partial charge in [-0.25, -0.2) is 9.59 Å². The van der Waals surface area contributed by atoms with Crippen molar-refractivity contribution in [1.82, 2.24) is 10.6 Å². The van der Waals surface area contributed by atoms with Crippen molar-refractivity contribution in [3.8, 4) is 11.1 Å². The second-order valence-electron chi connectivity index (χ2n) is 9.00. The molecular weight excluding hydrogens is 436 g/mol. The molecule has 2 amide bonds. The molecule has 8 heteroatoms.